The molecule has 5 nitrogen and oxygen atoms in total. The van der Waals surface area contributed by atoms with Crippen LogP contribution in [-0.2, 0) is 22.6 Å². The van der Waals surface area contributed by atoms with Gasteiger partial charge in [-0.3, -0.25) is 4.79 Å². The Morgan fingerprint density at radius 3 is 2.48 bits per heavy atom. The number of carbonyl (C=O) groups excluding carboxylic acids is 1. The Hall–Kier alpha value is -1.57. The van der Waals surface area contributed by atoms with E-state index in [-0.39, 0.29) is 11.9 Å². The quantitative estimate of drug-likeness (QED) is 0.428. The number of amides is 1. The third-order valence-corrected chi connectivity index (χ3v) is 7.56. The fourth-order valence-corrected chi connectivity index (χ4v) is 5.61. The van der Waals surface area contributed by atoms with Gasteiger partial charge in [0.1, 0.15) is 0 Å². The summed E-state index contributed by atoms with van der Waals surface area (Å²) in [7, 11) is 1.61. The number of ether oxygens (including phenoxy) is 1. The fourth-order valence-electron chi connectivity index (χ4n) is 4.02. The van der Waals surface area contributed by atoms with Crippen molar-refractivity contribution in [2.45, 2.75) is 50.1 Å². The molecule has 1 N–H and O–H groups in total. The predicted molar refractivity (Wildman–Crippen MR) is 125 cm³/mol. The number of carbonyl (C=O) groups is 1. The van der Waals surface area contributed by atoms with Crippen molar-refractivity contribution in [2.75, 3.05) is 20.3 Å². The summed E-state index contributed by atoms with van der Waals surface area (Å²) in [5.41, 5.74) is 1.64. The van der Waals surface area contributed by atoms with Crippen molar-refractivity contribution in [1.82, 2.24) is 9.62 Å². The Bertz CT molecular complexity index is 832. The van der Waals surface area contributed by atoms with Crippen LogP contribution >= 0.6 is 11.6 Å². The zero-order valence-electron chi connectivity index (χ0n) is 18.2. The normalized spacial score (nSPS) is 19.9. The van der Waals surface area contributed by atoms with Crippen LogP contribution in [0.2, 0.25) is 5.02 Å². The Morgan fingerprint density at radius 1 is 1.16 bits per heavy atom. The molecule has 3 rings (SSSR count). The van der Waals surface area contributed by atoms with Crippen LogP contribution in [0.3, 0.4) is 0 Å². The first-order valence-electron chi connectivity index (χ1n) is 10.8. The number of hydrogen-bond acceptors (Lipinski definition) is 4. The van der Waals surface area contributed by atoms with Gasteiger partial charge in [0, 0.05) is 24.2 Å². The molecule has 1 fully saturated rings. The van der Waals surface area contributed by atoms with E-state index in [0.717, 1.165) is 29.7 Å². The average molecular weight is 463 g/mol. The van der Waals surface area contributed by atoms with E-state index >= 15 is 0 Å². The third-order valence-electron chi connectivity index (χ3n) is 5.81. The molecule has 0 aromatic heterocycles. The smallest absolute Gasteiger partial charge is 0.251 e. The van der Waals surface area contributed by atoms with Gasteiger partial charge in [0.25, 0.3) is 5.91 Å². The lowest BCUT2D eigenvalue weighted by Crippen LogP contribution is -2.44. The third kappa shape index (κ3) is 6.70. The summed E-state index contributed by atoms with van der Waals surface area (Å²) in [5, 5.41) is 3.46. The summed E-state index contributed by atoms with van der Waals surface area (Å²) in [6.07, 6.45) is 4.58. The van der Waals surface area contributed by atoms with Gasteiger partial charge in [-0.15, -0.1) is 4.31 Å². The van der Waals surface area contributed by atoms with E-state index in [0.29, 0.717) is 36.2 Å². The first-order chi connectivity index (χ1) is 15.0. The maximum absolute atomic E-state index is 13.5. The molecule has 3 unspecified atom stereocenters. The molecule has 1 amide bonds. The highest BCUT2D eigenvalue weighted by atomic mass is 35.5. The van der Waals surface area contributed by atoms with Crippen LogP contribution in [0.15, 0.2) is 53.4 Å². The van der Waals surface area contributed by atoms with E-state index in [9.17, 15) is 9.35 Å². The molecule has 2 aromatic rings. The highest BCUT2D eigenvalue weighted by Gasteiger charge is 2.35. The fraction of sp³-hybridized carbons (Fsp3) is 0.458. The van der Waals surface area contributed by atoms with E-state index < -0.39 is 11.4 Å². The molecule has 1 aliphatic carbocycles. The molecule has 0 radical (unpaired) electrons. The molecule has 168 valence electrons. The number of benzene rings is 2. The molecule has 0 spiro atoms. The zero-order chi connectivity index (χ0) is 22.2. The van der Waals surface area contributed by atoms with Crippen LogP contribution in [0.1, 0.15) is 48.5 Å². The number of hydrogen-bond donors (Lipinski definition) is 1. The summed E-state index contributed by atoms with van der Waals surface area (Å²) in [6.45, 7) is 3.78. The first-order valence-corrected chi connectivity index (χ1v) is 12.3. The number of nitrogens with zero attached hydrogens (tertiary/aromatic N) is 1. The van der Waals surface area contributed by atoms with Crippen molar-refractivity contribution in [1.29, 1.82) is 0 Å². The van der Waals surface area contributed by atoms with Crippen molar-refractivity contribution in [3.05, 3.63) is 64.7 Å². The SMILES string of the molecule is COCCNC(=O)c1ccc(CN(C2CCCCC2C)[S+]([O-])c2ccc(Cl)cc2)cc1. The second kappa shape index (κ2) is 11.9. The maximum atomic E-state index is 13.5. The Morgan fingerprint density at radius 2 is 1.84 bits per heavy atom. The second-order valence-corrected chi connectivity index (χ2v) is 9.93. The van der Waals surface area contributed by atoms with Gasteiger partial charge in [-0.05, 0) is 60.7 Å². The molecule has 3 atom stereocenters. The Balaban J connectivity index is 1.76. The minimum atomic E-state index is -1.29. The molecule has 0 heterocycles. The number of rotatable bonds is 9. The lowest BCUT2D eigenvalue weighted by Gasteiger charge is -2.37. The van der Waals surface area contributed by atoms with Crippen molar-refractivity contribution >= 4 is 28.9 Å². The molecule has 0 saturated heterocycles. The van der Waals surface area contributed by atoms with Gasteiger partial charge in [-0.2, -0.15) is 0 Å². The second-order valence-electron chi connectivity index (χ2n) is 8.05. The van der Waals surface area contributed by atoms with Crippen LogP contribution in [0.5, 0.6) is 0 Å². The summed E-state index contributed by atoms with van der Waals surface area (Å²) in [5.74, 6) is 0.363. The molecule has 1 saturated carbocycles. The van der Waals surface area contributed by atoms with Crippen molar-refractivity contribution in [3.63, 3.8) is 0 Å². The summed E-state index contributed by atoms with van der Waals surface area (Å²) >= 11 is 4.74. The summed E-state index contributed by atoms with van der Waals surface area (Å²) < 4.78 is 20.6. The molecule has 1 aliphatic rings. The van der Waals surface area contributed by atoms with Gasteiger partial charge in [0.2, 0.25) is 0 Å². The van der Waals surface area contributed by atoms with Gasteiger partial charge < -0.3 is 14.6 Å². The molecule has 2 aromatic carbocycles. The van der Waals surface area contributed by atoms with Crippen LogP contribution in [0.25, 0.3) is 0 Å². The molecular formula is C24H31ClN2O3S. The largest absolute Gasteiger partial charge is 0.593 e. The van der Waals surface area contributed by atoms with Crippen LogP contribution in [0.4, 0.5) is 0 Å². The standard InChI is InChI=1S/C24H31ClN2O3S/c1-18-5-3-4-6-23(18)27(31(29)22-13-11-21(25)12-14-22)17-19-7-9-20(10-8-19)24(28)26-15-16-30-2/h7-14,18,23H,3-6,15-17H2,1-2H3,(H,26,28). The van der Waals surface area contributed by atoms with Gasteiger partial charge in [-0.25, -0.2) is 0 Å². The molecule has 31 heavy (non-hydrogen) atoms. The van der Waals surface area contributed by atoms with Crippen molar-refractivity contribution < 1.29 is 14.1 Å². The predicted octanol–water partition coefficient (Wildman–Crippen LogP) is 4.82. The molecule has 0 bridgehead atoms. The van der Waals surface area contributed by atoms with Gasteiger partial charge in [-0.1, -0.05) is 43.5 Å². The Kier molecular flexibility index (Phi) is 9.23. The van der Waals surface area contributed by atoms with Crippen molar-refractivity contribution in [3.8, 4) is 0 Å². The molecule has 7 heteroatoms. The summed E-state index contributed by atoms with van der Waals surface area (Å²) in [4.78, 5) is 13.0. The monoisotopic (exact) mass is 462 g/mol. The van der Waals surface area contributed by atoms with Crippen LogP contribution in [-0.4, -0.2) is 41.1 Å². The Labute approximate surface area is 193 Å². The highest BCUT2D eigenvalue weighted by molar-refractivity contribution is 7.89. The van der Waals surface area contributed by atoms with E-state index in [1.807, 2.05) is 36.4 Å². The highest BCUT2D eigenvalue weighted by Crippen LogP contribution is 2.33. The van der Waals surface area contributed by atoms with Gasteiger partial charge in [0.15, 0.2) is 4.90 Å². The van der Waals surface area contributed by atoms with Gasteiger partial charge >= 0.3 is 0 Å². The lowest BCUT2D eigenvalue weighted by molar-refractivity contribution is 0.0937. The minimum absolute atomic E-state index is 0.119. The molecular weight excluding hydrogens is 432 g/mol. The average Bonchev–Trinajstić information content (AvgIpc) is 2.78. The molecule has 0 aliphatic heterocycles. The lowest BCUT2D eigenvalue weighted by atomic mass is 9.86. The van der Waals surface area contributed by atoms with E-state index in [4.69, 9.17) is 16.3 Å². The van der Waals surface area contributed by atoms with E-state index in [2.05, 4.69) is 16.5 Å². The van der Waals surface area contributed by atoms with Gasteiger partial charge in [0.05, 0.1) is 30.6 Å². The van der Waals surface area contributed by atoms with E-state index in [1.165, 1.54) is 6.42 Å². The number of halogens is 1. The number of methoxy groups -OCH3 is 1. The summed E-state index contributed by atoms with van der Waals surface area (Å²) in [6, 6.07) is 15.1. The van der Waals surface area contributed by atoms with Crippen LogP contribution in [0, 0.1) is 5.92 Å². The zero-order valence-corrected chi connectivity index (χ0v) is 19.8. The minimum Gasteiger partial charge on any atom is -0.593 e. The maximum Gasteiger partial charge on any atom is 0.251 e. The van der Waals surface area contributed by atoms with Crippen molar-refractivity contribution in [2.24, 2.45) is 5.92 Å². The van der Waals surface area contributed by atoms with Crippen LogP contribution < -0.4 is 5.32 Å². The topological polar surface area (TPSA) is 64.6 Å². The number of nitrogens with one attached hydrogen (secondary N) is 1. The van der Waals surface area contributed by atoms with E-state index in [1.54, 1.807) is 19.2 Å². The first kappa shape index (κ1) is 24.1.